The van der Waals surface area contributed by atoms with Gasteiger partial charge in [-0.25, -0.2) is 0 Å². The van der Waals surface area contributed by atoms with Crippen LogP contribution in [0.3, 0.4) is 0 Å². The third-order valence-corrected chi connectivity index (χ3v) is 4.57. The number of hydrogen-bond donors (Lipinski definition) is 4. The van der Waals surface area contributed by atoms with Crippen molar-refractivity contribution in [2.75, 3.05) is 6.61 Å². The zero-order valence-corrected chi connectivity index (χ0v) is 21.7. The van der Waals surface area contributed by atoms with Gasteiger partial charge in [0.15, 0.2) is 0 Å². The van der Waals surface area contributed by atoms with Gasteiger partial charge in [0.2, 0.25) is 0 Å². The van der Waals surface area contributed by atoms with E-state index < -0.39 is 25.5 Å². The van der Waals surface area contributed by atoms with E-state index in [0.29, 0.717) is 19.4 Å². The van der Waals surface area contributed by atoms with Crippen LogP contribution in [0.5, 0.6) is 0 Å². The fourth-order valence-electron chi connectivity index (χ4n) is 2.70. The lowest BCUT2D eigenvalue weighted by Crippen LogP contribution is -2.34. The highest BCUT2D eigenvalue weighted by molar-refractivity contribution is 6.34. The predicted molar refractivity (Wildman–Crippen MR) is 135 cm³/mol. The summed E-state index contributed by atoms with van der Waals surface area (Å²) in [7, 11) is -1.17. The molecule has 0 radical (unpaired) electrons. The molecule has 0 heterocycles. The molecule has 0 rings (SSSR count). The van der Waals surface area contributed by atoms with Crippen molar-refractivity contribution in [3.05, 3.63) is 0 Å². The molecule has 0 aromatic rings. The average molecular weight is 477 g/mol. The van der Waals surface area contributed by atoms with Gasteiger partial charge in [-0.2, -0.15) is 0 Å². The molecule has 0 amide bonds. The minimum atomic E-state index is -1.17. The third kappa shape index (κ3) is 41.6. The Bertz CT molecular complexity index is 398. The van der Waals surface area contributed by atoms with E-state index >= 15 is 0 Å². The van der Waals surface area contributed by atoms with Gasteiger partial charge in [-0.1, -0.05) is 85.5 Å². The predicted octanol–water partition coefficient (Wildman–Crippen LogP) is 5.74. The maximum atomic E-state index is 9.60. The van der Waals surface area contributed by atoms with Gasteiger partial charge in [-0.3, -0.25) is 9.59 Å². The number of carboxylic acids is 2. The lowest BCUT2D eigenvalue weighted by atomic mass is 10.1. The molecule has 0 spiro atoms. The Balaban J connectivity index is -0.000000611. The third-order valence-electron chi connectivity index (χ3n) is 4.57. The number of hydrogen-bond acceptors (Lipinski definition) is 6. The SMILES string of the molecule is CCCC(=O)O.CCCC(=O)O.CCCCCCCCOB(O)OC(N)CCCCCCC. The van der Waals surface area contributed by atoms with Gasteiger partial charge >= 0.3 is 19.3 Å². The highest BCUT2D eigenvalue weighted by Crippen LogP contribution is 2.08. The lowest BCUT2D eigenvalue weighted by molar-refractivity contribution is -0.138. The van der Waals surface area contributed by atoms with Gasteiger partial charge in [0.25, 0.3) is 0 Å². The molecular formula is C24H52BNO7. The second kappa shape index (κ2) is 30.8. The Morgan fingerprint density at radius 1 is 0.727 bits per heavy atom. The highest BCUT2D eigenvalue weighted by Gasteiger charge is 2.19. The molecule has 0 fully saturated rings. The quantitative estimate of drug-likeness (QED) is 0.0988. The molecular weight excluding hydrogens is 425 g/mol. The molecule has 0 aliphatic heterocycles. The summed E-state index contributed by atoms with van der Waals surface area (Å²) >= 11 is 0. The van der Waals surface area contributed by atoms with Crippen LogP contribution < -0.4 is 5.73 Å². The van der Waals surface area contributed by atoms with Crippen LogP contribution in [0.4, 0.5) is 0 Å². The summed E-state index contributed by atoms with van der Waals surface area (Å²) in [4.78, 5) is 19.2. The first-order valence-corrected chi connectivity index (χ1v) is 12.9. The minimum absolute atomic E-state index is 0.292. The van der Waals surface area contributed by atoms with Crippen LogP contribution in [0.15, 0.2) is 0 Å². The smallest absolute Gasteiger partial charge is 0.481 e. The first-order valence-electron chi connectivity index (χ1n) is 12.9. The van der Waals surface area contributed by atoms with Crippen LogP contribution in [0.25, 0.3) is 0 Å². The summed E-state index contributed by atoms with van der Waals surface area (Å²) in [6.45, 7) is 8.63. The van der Waals surface area contributed by atoms with E-state index in [9.17, 15) is 14.6 Å². The fourth-order valence-corrected chi connectivity index (χ4v) is 2.70. The topological polar surface area (TPSA) is 139 Å². The Morgan fingerprint density at radius 2 is 1.15 bits per heavy atom. The molecule has 198 valence electrons. The molecule has 33 heavy (non-hydrogen) atoms. The van der Waals surface area contributed by atoms with E-state index in [0.717, 1.165) is 38.5 Å². The monoisotopic (exact) mass is 477 g/mol. The Kier molecular flexibility index (Phi) is 34.0. The van der Waals surface area contributed by atoms with E-state index in [2.05, 4.69) is 13.8 Å². The normalized spacial score (nSPS) is 11.0. The molecule has 0 saturated heterocycles. The van der Waals surface area contributed by atoms with Gasteiger partial charge in [0, 0.05) is 19.4 Å². The standard InChI is InChI=1S/C16H36BNO3.2C4H8O2/c1-3-5-7-9-11-13-15-20-17(19)21-16(18)14-12-10-8-6-4-2;2*1-2-3-4(5)6/h16,19H,3-15,18H2,1-2H3;2*2-3H2,1H3,(H,5,6). The van der Waals surface area contributed by atoms with Crippen molar-refractivity contribution in [1.29, 1.82) is 0 Å². The van der Waals surface area contributed by atoms with E-state index in [1.165, 1.54) is 51.4 Å². The Hall–Kier alpha value is -1.16. The molecule has 0 bridgehead atoms. The maximum Gasteiger partial charge on any atom is 0.637 e. The van der Waals surface area contributed by atoms with E-state index in [4.69, 9.17) is 25.3 Å². The zero-order valence-electron chi connectivity index (χ0n) is 21.7. The summed E-state index contributed by atoms with van der Waals surface area (Å²) in [6, 6.07) is 0. The van der Waals surface area contributed by atoms with Crippen molar-refractivity contribution in [2.45, 2.75) is 137 Å². The summed E-state index contributed by atoms with van der Waals surface area (Å²) in [5.74, 6) is -1.42. The van der Waals surface area contributed by atoms with Crippen molar-refractivity contribution < 1.29 is 34.1 Å². The number of nitrogens with two attached hydrogens (primary N) is 1. The van der Waals surface area contributed by atoms with Gasteiger partial charge in [0.1, 0.15) is 0 Å². The van der Waals surface area contributed by atoms with Crippen LogP contribution in [0.2, 0.25) is 0 Å². The van der Waals surface area contributed by atoms with E-state index in [-0.39, 0.29) is 0 Å². The van der Waals surface area contributed by atoms with Gasteiger partial charge in [-0.05, 0) is 32.1 Å². The second-order valence-electron chi connectivity index (χ2n) is 8.11. The van der Waals surface area contributed by atoms with Crippen molar-refractivity contribution in [2.24, 2.45) is 5.73 Å². The highest BCUT2D eigenvalue weighted by atomic mass is 16.7. The first kappa shape index (κ1) is 36.4. The van der Waals surface area contributed by atoms with Crippen molar-refractivity contribution >= 4 is 19.3 Å². The van der Waals surface area contributed by atoms with Crippen LogP contribution in [0.1, 0.15) is 130 Å². The maximum absolute atomic E-state index is 9.60. The van der Waals surface area contributed by atoms with Crippen molar-refractivity contribution in [3.63, 3.8) is 0 Å². The van der Waals surface area contributed by atoms with Crippen molar-refractivity contribution in [1.82, 2.24) is 0 Å². The van der Waals surface area contributed by atoms with Gasteiger partial charge < -0.3 is 30.3 Å². The number of aliphatic carboxylic acids is 2. The molecule has 5 N–H and O–H groups in total. The van der Waals surface area contributed by atoms with Crippen LogP contribution in [-0.2, 0) is 18.9 Å². The number of carbonyl (C=O) groups is 2. The molecule has 0 aliphatic rings. The van der Waals surface area contributed by atoms with Gasteiger partial charge in [0.05, 0.1) is 6.23 Å². The molecule has 8 nitrogen and oxygen atoms in total. The van der Waals surface area contributed by atoms with E-state index in [1.807, 2.05) is 13.8 Å². The Morgan fingerprint density at radius 3 is 1.55 bits per heavy atom. The molecule has 0 aromatic heterocycles. The van der Waals surface area contributed by atoms with Crippen LogP contribution in [-0.4, -0.2) is 47.3 Å². The molecule has 1 atom stereocenters. The summed E-state index contributed by atoms with van der Waals surface area (Å²) in [5, 5.41) is 25.4. The molecule has 0 aliphatic carbocycles. The summed E-state index contributed by atoms with van der Waals surface area (Å²) in [6.07, 6.45) is 15.6. The van der Waals surface area contributed by atoms with Gasteiger partial charge in [-0.15, -0.1) is 0 Å². The first-order chi connectivity index (χ1) is 15.7. The summed E-state index contributed by atoms with van der Waals surface area (Å²) < 4.78 is 10.4. The second-order valence-corrected chi connectivity index (χ2v) is 8.11. The lowest BCUT2D eigenvalue weighted by Gasteiger charge is -2.15. The number of unbranched alkanes of at least 4 members (excludes halogenated alkanes) is 9. The summed E-state index contributed by atoms with van der Waals surface area (Å²) in [5.41, 5.74) is 5.81. The van der Waals surface area contributed by atoms with E-state index in [1.54, 1.807) is 0 Å². The minimum Gasteiger partial charge on any atom is -0.481 e. The van der Waals surface area contributed by atoms with Crippen molar-refractivity contribution in [3.8, 4) is 0 Å². The number of carboxylic acid groups (broad SMARTS) is 2. The molecule has 9 heteroatoms. The molecule has 1 unspecified atom stereocenters. The largest absolute Gasteiger partial charge is 0.637 e. The fraction of sp³-hybridized carbons (Fsp3) is 0.917. The Labute approximate surface area is 202 Å². The molecule has 0 saturated carbocycles. The average Bonchev–Trinajstić information content (AvgIpc) is 2.73. The molecule has 0 aromatic carbocycles. The van der Waals surface area contributed by atoms with Crippen LogP contribution in [0, 0.1) is 0 Å². The van der Waals surface area contributed by atoms with Crippen LogP contribution >= 0.6 is 0 Å². The zero-order chi connectivity index (χ0) is 25.7. The number of rotatable bonds is 20.